The van der Waals surface area contributed by atoms with Crippen LogP contribution in [0.4, 0.5) is 10.6 Å². The smallest absolute Gasteiger partial charge is 0.415 e. The summed E-state index contributed by atoms with van der Waals surface area (Å²) in [5.41, 5.74) is 1.06. The van der Waals surface area contributed by atoms with E-state index in [1.54, 1.807) is 0 Å². The normalized spacial score (nSPS) is 15.9. The molecule has 0 atom stereocenters. The van der Waals surface area contributed by atoms with E-state index in [1.165, 1.54) is 4.90 Å². The maximum absolute atomic E-state index is 11.2. The molecule has 5 heteroatoms. The van der Waals surface area contributed by atoms with Crippen molar-refractivity contribution in [1.29, 1.82) is 0 Å². The quantitative estimate of drug-likeness (QED) is 0.723. The van der Waals surface area contributed by atoms with Gasteiger partial charge in [0.15, 0.2) is 0 Å². The number of halogens is 1. The monoisotopic (exact) mass is 256 g/mol. The van der Waals surface area contributed by atoms with Crippen molar-refractivity contribution in [2.75, 3.05) is 18.1 Å². The van der Waals surface area contributed by atoms with Crippen molar-refractivity contribution in [2.24, 2.45) is 0 Å². The van der Waals surface area contributed by atoms with Crippen LogP contribution < -0.4 is 4.90 Å². The van der Waals surface area contributed by atoms with E-state index in [4.69, 9.17) is 4.74 Å². The van der Waals surface area contributed by atoms with Crippen LogP contribution in [-0.2, 0) is 4.74 Å². The summed E-state index contributed by atoms with van der Waals surface area (Å²) in [7, 11) is 0. The zero-order valence-corrected chi connectivity index (χ0v) is 9.24. The number of nitrogens with zero attached hydrogens (tertiary/aromatic N) is 2. The Morgan fingerprint density at radius 1 is 1.57 bits per heavy atom. The summed E-state index contributed by atoms with van der Waals surface area (Å²) < 4.78 is 5.56. The van der Waals surface area contributed by atoms with E-state index in [0.717, 1.165) is 10.2 Å². The van der Waals surface area contributed by atoms with E-state index in [9.17, 15) is 4.79 Å². The summed E-state index contributed by atoms with van der Waals surface area (Å²) in [4.78, 5) is 17.0. The van der Waals surface area contributed by atoms with Gasteiger partial charge in [0.25, 0.3) is 0 Å². The van der Waals surface area contributed by atoms with Gasteiger partial charge < -0.3 is 4.74 Å². The molecule has 0 aliphatic carbocycles. The van der Waals surface area contributed by atoms with Crippen molar-refractivity contribution in [3.63, 3.8) is 0 Å². The maximum Gasteiger partial charge on any atom is 0.415 e. The van der Waals surface area contributed by atoms with Crippen LogP contribution in [0.2, 0.25) is 0 Å². The third-order valence-corrected chi connectivity index (χ3v) is 2.37. The lowest BCUT2D eigenvalue weighted by atomic mass is 10.3. The van der Waals surface area contributed by atoms with Crippen LogP contribution in [0.3, 0.4) is 0 Å². The van der Waals surface area contributed by atoms with Gasteiger partial charge in [-0.1, -0.05) is 0 Å². The highest BCUT2D eigenvalue weighted by atomic mass is 79.9. The number of cyclic esters (lactones) is 1. The van der Waals surface area contributed by atoms with Crippen molar-refractivity contribution in [3.05, 3.63) is 22.3 Å². The van der Waals surface area contributed by atoms with Crippen molar-refractivity contribution < 1.29 is 9.53 Å². The number of carbonyl (C=O) groups excluding carboxylic acids is 1. The molecule has 74 valence electrons. The van der Waals surface area contributed by atoms with E-state index < -0.39 is 0 Å². The SMILES string of the molecule is Cc1cc(Br)nc(N2CCOC2=O)c1. The Bertz CT molecular complexity index is 361. The second-order valence-corrected chi connectivity index (χ2v) is 3.90. The summed E-state index contributed by atoms with van der Waals surface area (Å²) in [6.07, 6.45) is -0.324. The van der Waals surface area contributed by atoms with Gasteiger partial charge in [-0.05, 0) is 40.5 Å². The van der Waals surface area contributed by atoms with Crippen LogP contribution in [0.15, 0.2) is 16.7 Å². The van der Waals surface area contributed by atoms with Crippen LogP contribution in [0.5, 0.6) is 0 Å². The predicted molar refractivity (Wildman–Crippen MR) is 55.4 cm³/mol. The van der Waals surface area contributed by atoms with Gasteiger partial charge >= 0.3 is 6.09 Å². The molecule has 1 amide bonds. The highest BCUT2D eigenvalue weighted by Crippen LogP contribution is 2.20. The molecule has 0 N–H and O–H groups in total. The zero-order valence-electron chi connectivity index (χ0n) is 7.66. The molecule has 0 saturated carbocycles. The molecule has 1 aliphatic rings. The van der Waals surface area contributed by atoms with Crippen molar-refractivity contribution in [2.45, 2.75) is 6.92 Å². The van der Waals surface area contributed by atoms with E-state index in [-0.39, 0.29) is 6.09 Å². The molecule has 0 spiro atoms. The molecular weight excluding hydrogens is 248 g/mol. The molecule has 0 aromatic carbocycles. The second-order valence-electron chi connectivity index (χ2n) is 3.09. The topological polar surface area (TPSA) is 42.4 Å². The summed E-state index contributed by atoms with van der Waals surface area (Å²) >= 11 is 3.29. The highest BCUT2D eigenvalue weighted by Gasteiger charge is 2.24. The Labute approximate surface area is 90.0 Å². The fourth-order valence-electron chi connectivity index (χ4n) is 1.35. The van der Waals surface area contributed by atoms with Crippen LogP contribution in [0.1, 0.15) is 5.56 Å². The van der Waals surface area contributed by atoms with E-state index in [1.807, 2.05) is 19.1 Å². The molecule has 4 nitrogen and oxygen atoms in total. The molecule has 1 aromatic heterocycles. The van der Waals surface area contributed by atoms with Gasteiger partial charge in [-0.25, -0.2) is 9.78 Å². The zero-order chi connectivity index (χ0) is 10.1. The van der Waals surface area contributed by atoms with E-state index >= 15 is 0 Å². The fraction of sp³-hybridized carbons (Fsp3) is 0.333. The lowest BCUT2D eigenvalue weighted by Crippen LogP contribution is -2.24. The molecule has 0 radical (unpaired) electrons. The minimum Gasteiger partial charge on any atom is -0.447 e. The van der Waals surface area contributed by atoms with E-state index in [0.29, 0.717) is 19.0 Å². The number of ether oxygens (including phenoxy) is 1. The Balaban J connectivity index is 2.35. The molecular formula is C9H9BrN2O2. The Hall–Kier alpha value is -1.10. The first-order valence-electron chi connectivity index (χ1n) is 4.25. The largest absolute Gasteiger partial charge is 0.447 e. The predicted octanol–water partition coefficient (Wildman–Crippen LogP) is 2.11. The number of hydrogen-bond acceptors (Lipinski definition) is 3. The molecule has 14 heavy (non-hydrogen) atoms. The summed E-state index contributed by atoms with van der Waals surface area (Å²) in [5.74, 6) is 0.638. The molecule has 1 aliphatic heterocycles. The number of anilines is 1. The first kappa shape index (κ1) is 9.45. The van der Waals surface area contributed by atoms with Crippen LogP contribution >= 0.6 is 15.9 Å². The fourth-order valence-corrected chi connectivity index (χ4v) is 1.89. The number of rotatable bonds is 1. The summed E-state index contributed by atoms with van der Waals surface area (Å²) in [6.45, 7) is 2.96. The standard InChI is InChI=1S/C9H9BrN2O2/c1-6-4-7(10)11-8(5-6)12-2-3-14-9(12)13/h4-5H,2-3H2,1H3. The third kappa shape index (κ3) is 1.72. The van der Waals surface area contributed by atoms with Crippen LogP contribution in [-0.4, -0.2) is 24.2 Å². The first-order chi connectivity index (χ1) is 6.66. The molecule has 1 fully saturated rings. The Kier molecular flexibility index (Phi) is 2.41. The van der Waals surface area contributed by atoms with Crippen molar-refractivity contribution >= 4 is 27.8 Å². The van der Waals surface area contributed by atoms with Gasteiger partial charge in [-0.15, -0.1) is 0 Å². The Morgan fingerprint density at radius 3 is 2.93 bits per heavy atom. The number of pyridine rings is 1. The minimum atomic E-state index is -0.324. The molecule has 0 bridgehead atoms. The summed E-state index contributed by atoms with van der Waals surface area (Å²) in [5, 5.41) is 0. The third-order valence-electron chi connectivity index (χ3n) is 1.96. The van der Waals surface area contributed by atoms with E-state index in [2.05, 4.69) is 20.9 Å². The van der Waals surface area contributed by atoms with Crippen molar-refractivity contribution in [1.82, 2.24) is 4.98 Å². The van der Waals surface area contributed by atoms with Gasteiger partial charge in [0, 0.05) is 0 Å². The molecule has 1 aromatic rings. The second kappa shape index (κ2) is 3.57. The highest BCUT2D eigenvalue weighted by molar-refractivity contribution is 9.10. The Morgan fingerprint density at radius 2 is 2.36 bits per heavy atom. The van der Waals surface area contributed by atoms with Gasteiger partial charge in [0.2, 0.25) is 0 Å². The minimum absolute atomic E-state index is 0.324. The number of carbonyl (C=O) groups is 1. The molecule has 2 rings (SSSR count). The van der Waals surface area contributed by atoms with Gasteiger partial charge in [0.05, 0.1) is 6.54 Å². The summed E-state index contributed by atoms with van der Waals surface area (Å²) in [6, 6.07) is 3.75. The average Bonchev–Trinajstić information content (AvgIpc) is 2.49. The molecule has 0 unspecified atom stereocenters. The van der Waals surface area contributed by atoms with Crippen LogP contribution in [0.25, 0.3) is 0 Å². The molecule has 1 saturated heterocycles. The lowest BCUT2D eigenvalue weighted by molar-refractivity contribution is 0.181. The van der Waals surface area contributed by atoms with Crippen LogP contribution in [0, 0.1) is 6.92 Å². The number of aromatic nitrogens is 1. The first-order valence-corrected chi connectivity index (χ1v) is 5.04. The average molecular weight is 257 g/mol. The number of hydrogen-bond donors (Lipinski definition) is 0. The number of aryl methyl sites for hydroxylation is 1. The van der Waals surface area contributed by atoms with Gasteiger partial charge in [-0.2, -0.15) is 0 Å². The number of amides is 1. The lowest BCUT2D eigenvalue weighted by Gasteiger charge is -2.12. The van der Waals surface area contributed by atoms with Crippen molar-refractivity contribution in [3.8, 4) is 0 Å². The maximum atomic E-state index is 11.2. The van der Waals surface area contributed by atoms with Gasteiger partial charge in [0.1, 0.15) is 17.0 Å². The molecule has 2 heterocycles. The van der Waals surface area contributed by atoms with Gasteiger partial charge in [-0.3, -0.25) is 4.90 Å².